The van der Waals surface area contributed by atoms with Crippen LogP contribution in [0.25, 0.3) is 0 Å². The van der Waals surface area contributed by atoms with Crippen molar-refractivity contribution in [3.63, 3.8) is 0 Å². The number of carboxylic acids is 1. The summed E-state index contributed by atoms with van der Waals surface area (Å²) in [6.07, 6.45) is 1.22. The molecule has 1 unspecified atom stereocenters. The number of hydrogen-bond acceptors (Lipinski definition) is 4. The van der Waals surface area contributed by atoms with Crippen LogP contribution < -0.4 is 5.32 Å². The van der Waals surface area contributed by atoms with Gasteiger partial charge in [-0.05, 0) is 45.5 Å². The summed E-state index contributed by atoms with van der Waals surface area (Å²) < 4.78 is 5.29. The van der Waals surface area contributed by atoms with Gasteiger partial charge >= 0.3 is 5.97 Å². The molecule has 1 aromatic heterocycles. The average Bonchev–Trinajstić information content (AvgIpc) is 2.85. The number of hydrogen-bond donors (Lipinski definition) is 2. The van der Waals surface area contributed by atoms with Gasteiger partial charge in [0.15, 0.2) is 0 Å². The van der Waals surface area contributed by atoms with Crippen molar-refractivity contribution in [2.75, 3.05) is 26.7 Å². The molecule has 100 valence electrons. The molecule has 5 nitrogen and oxygen atoms in total. The lowest BCUT2D eigenvalue weighted by Crippen LogP contribution is -2.24. The van der Waals surface area contributed by atoms with Crippen LogP contribution in [0.15, 0.2) is 10.5 Å². The Morgan fingerprint density at radius 1 is 1.67 bits per heavy atom. The van der Waals surface area contributed by atoms with Crippen LogP contribution >= 0.6 is 0 Å². The Hall–Kier alpha value is -1.33. The number of carbonyl (C=O) groups is 1. The van der Waals surface area contributed by atoms with E-state index < -0.39 is 5.97 Å². The van der Waals surface area contributed by atoms with E-state index >= 15 is 0 Å². The Balaban J connectivity index is 1.80. The second kappa shape index (κ2) is 5.54. The highest BCUT2D eigenvalue weighted by Gasteiger charge is 2.19. The van der Waals surface area contributed by atoms with Gasteiger partial charge in [-0.3, -0.25) is 0 Å². The Morgan fingerprint density at radius 2 is 2.44 bits per heavy atom. The minimum Gasteiger partial charge on any atom is -0.475 e. The van der Waals surface area contributed by atoms with Crippen molar-refractivity contribution in [3.05, 3.63) is 23.2 Å². The Labute approximate surface area is 107 Å². The van der Waals surface area contributed by atoms with Gasteiger partial charge in [0.2, 0.25) is 5.76 Å². The van der Waals surface area contributed by atoms with E-state index in [-0.39, 0.29) is 5.76 Å². The third kappa shape index (κ3) is 3.11. The van der Waals surface area contributed by atoms with Crippen molar-refractivity contribution < 1.29 is 14.3 Å². The maximum absolute atomic E-state index is 10.8. The van der Waals surface area contributed by atoms with Gasteiger partial charge in [-0.25, -0.2) is 4.79 Å². The Kier molecular flexibility index (Phi) is 4.04. The van der Waals surface area contributed by atoms with Crippen LogP contribution in [0.1, 0.15) is 28.3 Å². The average molecular weight is 252 g/mol. The van der Waals surface area contributed by atoms with Crippen molar-refractivity contribution in [2.45, 2.75) is 19.9 Å². The van der Waals surface area contributed by atoms with E-state index in [1.54, 1.807) is 13.0 Å². The van der Waals surface area contributed by atoms with Crippen LogP contribution in [0, 0.1) is 12.8 Å². The molecule has 2 heterocycles. The number of likely N-dealkylation sites (tertiary alicyclic amines) is 1. The molecule has 0 amide bonds. The summed E-state index contributed by atoms with van der Waals surface area (Å²) in [5, 5.41) is 12.2. The molecule has 1 fully saturated rings. The van der Waals surface area contributed by atoms with E-state index in [0.717, 1.165) is 19.6 Å². The first-order chi connectivity index (χ1) is 8.56. The molecule has 0 spiro atoms. The van der Waals surface area contributed by atoms with Crippen molar-refractivity contribution in [1.82, 2.24) is 10.2 Å². The van der Waals surface area contributed by atoms with Gasteiger partial charge in [0.05, 0.1) is 6.54 Å². The summed E-state index contributed by atoms with van der Waals surface area (Å²) in [6.45, 7) is 5.59. The molecule has 1 saturated heterocycles. The highest BCUT2D eigenvalue weighted by molar-refractivity contribution is 5.86. The second-order valence-corrected chi connectivity index (χ2v) is 5.08. The van der Waals surface area contributed by atoms with Gasteiger partial charge in [0.1, 0.15) is 5.76 Å². The smallest absolute Gasteiger partial charge is 0.372 e. The molecule has 0 bridgehead atoms. The lowest BCUT2D eigenvalue weighted by atomic mass is 10.1. The summed E-state index contributed by atoms with van der Waals surface area (Å²) in [5.74, 6) is 0.421. The van der Waals surface area contributed by atoms with E-state index in [1.807, 2.05) is 0 Å². The number of nitrogens with one attached hydrogen (secondary N) is 1. The Morgan fingerprint density at radius 3 is 3.00 bits per heavy atom. The van der Waals surface area contributed by atoms with Crippen LogP contribution in [-0.2, 0) is 6.54 Å². The normalized spacial score (nSPS) is 20.4. The van der Waals surface area contributed by atoms with Gasteiger partial charge in [-0.15, -0.1) is 0 Å². The van der Waals surface area contributed by atoms with Gasteiger partial charge < -0.3 is 19.7 Å². The lowest BCUT2D eigenvalue weighted by Gasteiger charge is -2.10. The quantitative estimate of drug-likeness (QED) is 0.827. The van der Waals surface area contributed by atoms with Gasteiger partial charge in [-0.2, -0.15) is 0 Å². The van der Waals surface area contributed by atoms with Crippen molar-refractivity contribution in [1.29, 1.82) is 0 Å². The zero-order valence-electron chi connectivity index (χ0n) is 10.9. The summed E-state index contributed by atoms with van der Waals surface area (Å²) in [6, 6.07) is 1.79. The van der Waals surface area contributed by atoms with E-state index in [1.165, 1.54) is 6.42 Å². The zero-order valence-corrected chi connectivity index (χ0v) is 10.9. The topological polar surface area (TPSA) is 65.7 Å². The summed E-state index contributed by atoms with van der Waals surface area (Å²) >= 11 is 0. The minimum absolute atomic E-state index is 0.0485. The van der Waals surface area contributed by atoms with Gasteiger partial charge in [-0.1, -0.05) is 0 Å². The first-order valence-electron chi connectivity index (χ1n) is 6.28. The molecule has 2 N–H and O–H groups in total. The molecule has 0 radical (unpaired) electrons. The minimum atomic E-state index is -1.00. The standard InChI is InChI=1S/C13H20N2O3/c1-9-5-11(18-12(9)13(16)17)7-14-6-10-3-4-15(2)8-10/h5,10,14H,3-4,6-8H2,1-2H3,(H,16,17). The third-order valence-electron chi connectivity index (χ3n) is 3.38. The predicted molar refractivity (Wildman–Crippen MR) is 67.7 cm³/mol. The molecule has 1 atom stereocenters. The maximum Gasteiger partial charge on any atom is 0.372 e. The summed E-state index contributed by atoms with van der Waals surface area (Å²) in [7, 11) is 2.13. The number of aromatic carboxylic acids is 1. The van der Waals surface area contributed by atoms with Crippen LogP contribution in [-0.4, -0.2) is 42.7 Å². The van der Waals surface area contributed by atoms with Crippen LogP contribution in [0.5, 0.6) is 0 Å². The SMILES string of the molecule is Cc1cc(CNCC2CCN(C)C2)oc1C(=O)O. The zero-order chi connectivity index (χ0) is 13.1. The molecule has 1 aliphatic heterocycles. The molecule has 5 heteroatoms. The highest BCUT2D eigenvalue weighted by Crippen LogP contribution is 2.16. The third-order valence-corrected chi connectivity index (χ3v) is 3.38. The second-order valence-electron chi connectivity index (χ2n) is 5.08. The molecule has 1 aromatic rings. The van der Waals surface area contributed by atoms with Crippen LogP contribution in [0.2, 0.25) is 0 Å². The number of carboxylic acid groups (broad SMARTS) is 1. The molecular formula is C13H20N2O3. The fourth-order valence-corrected chi connectivity index (χ4v) is 2.44. The van der Waals surface area contributed by atoms with Gasteiger partial charge in [0, 0.05) is 12.1 Å². The maximum atomic E-state index is 10.8. The van der Waals surface area contributed by atoms with E-state index in [9.17, 15) is 4.79 Å². The molecule has 0 aliphatic carbocycles. The monoisotopic (exact) mass is 252 g/mol. The number of aryl methyl sites for hydroxylation is 1. The first-order valence-corrected chi connectivity index (χ1v) is 6.28. The van der Waals surface area contributed by atoms with Crippen LogP contribution in [0.4, 0.5) is 0 Å². The molecule has 18 heavy (non-hydrogen) atoms. The van der Waals surface area contributed by atoms with Gasteiger partial charge in [0.25, 0.3) is 0 Å². The van der Waals surface area contributed by atoms with Crippen molar-refractivity contribution >= 4 is 5.97 Å². The number of nitrogens with zero attached hydrogens (tertiary/aromatic N) is 1. The molecule has 0 saturated carbocycles. The first kappa shape index (κ1) is 13.1. The molecule has 1 aliphatic rings. The van der Waals surface area contributed by atoms with E-state index in [4.69, 9.17) is 9.52 Å². The van der Waals surface area contributed by atoms with Crippen molar-refractivity contribution in [2.24, 2.45) is 5.92 Å². The predicted octanol–water partition coefficient (Wildman–Crippen LogP) is 1.33. The fraction of sp³-hybridized carbons (Fsp3) is 0.615. The number of rotatable bonds is 5. The number of furan rings is 1. The fourth-order valence-electron chi connectivity index (χ4n) is 2.44. The Bertz CT molecular complexity index is 428. The molecule has 2 rings (SSSR count). The van der Waals surface area contributed by atoms with E-state index in [0.29, 0.717) is 23.8 Å². The summed E-state index contributed by atoms with van der Waals surface area (Å²) in [5.41, 5.74) is 0.680. The molecule has 0 aromatic carbocycles. The highest BCUT2D eigenvalue weighted by atomic mass is 16.4. The lowest BCUT2D eigenvalue weighted by molar-refractivity contribution is 0.0659. The van der Waals surface area contributed by atoms with Crippen LogP contribution in [0.3, 0.4) is 0 Å². The van der Waals surface area contributed by atoms with Crippen molar-refractivity contribution in [3.8, 4) is 0 Å². The summed E-state index contributed by atoms with van der Waals surface area (Å²) in [4.78, 5) is 13.2. The largest absolute Gasteiger partial charge is 0.475 e. The van der Waals surface area contributed by atoms with E-state index in [2.05, 4.69) is 17.3 Å². The molecular weight excluding hydrogens is 232 g/mol.